The van der Waals surface area contributed by atoms with E-state index >= 15 is 0 Å². The maximum Gasteiger partial charge on any atom is 0.161 e. The van der Waals surface area contributed by atoms with Gasteiger partial charge in [0.2, 0.25) is 0 Å². The molecule has 0 spiro atoms. The highest BCUT2D eigenvalue weighted by Crippen LogP contribution is 2.21. The summed E-state index contributed by atoms with van der Waals surface area (Å²) in [5.74, 6) is -0.167. The topological polar surface area (TPSA) is 41.0 Å². The maximum atomic E-state index is 14.2. The van der Waals surface area contributed by atoms with Gasteiger partial charge < -0.3 is 10.2 Å². The minimum Gasteiger partial charge on any atom is -0.380 e. The average molecular weight is 324 g/mol. The summed E-state index contributed by atoms with van der Waals surface area (Å²) < 4.78 is 14.2. The lowest BCUT2D eigenvalue weighted by molar-refractivity contribution is 0.392. The number of halogens is 1. The van der Waals surface area contributed by atoms with E-state index in [4.69, 9.17) is 0 Å². The molecule has 0 aliphatic carbocycles. The molecule has 0 radical (unpaired) electrons. The molecule has 3 rings (SSSR count). The predicted molar refractivity (Wildman–Crippen MR) is 95.4 cm³/mol. The van der Waals surface area contributed by atoms with Crippen LogP contribution in [0.25, 0.3) is 11.0 Å². The van der Waals surface area contributed by atoms with Gasteiger partial charge in [-0.3, -0.25) is 0 Å². The van der Waals surface area contributed by atoms with E-state index in [9.17, 15) is 4.39 Å². The molecule has 5 heteroatoms. The lowest BCUT2D eigenvalue weighted by Crippen LogP contribution is -2.12. The smallest absolute Gasteiger partial charge is 0.161 e. The number of nitrogens with zero attached hydrogens (tertiary/aromatic N) is 3. The zero-order valence-corrected chi connectivity index (χ0v) is 14.2. The molecule has 0 amide bonds. The Hall–Kier alpha value is -2.53. The third-order valence-corrected chi connectivity index (χ3v) is 3.83. The number of hydrogen-bond acceptors (Lipinski definition) is 4. The van der Waals surface area contributed by atoms with Crippen molar-refractivity contribution in [2.45, 2.75) is 20.0 Å². The summed E-state index contributed by atoms with van der Waals surface area (Å²) in [6.07, 6.45) is 1.73. The van der Waals surface area contributed by atoms with Gasteiger partial charge in [-0.25, -0.2) is 14.4 Å². The fourth-order valence-electron chi connectivity index (χ4n) is 2.64. The number of aromatic nitrogens is 2. The van der Waals surface area contributed by atoms with Crippen LogP contribution in [0.1, 0.15) is 16.8 Å². The largest absolute Gasteiger partial charge is 0.380 e. The van der Waals surface area contributed by atoms with Crippen LogP contribution in [0.3, 0.4) is 0 Å². The normalized spacial score (nSPS) is 11.2. The Labute approximate surface area is 141 Å². The lowest BCUT2D eigenvalue weighted by atomic mass is 10.1. The second-order valence-corrected chi connectivity index (χ2v) is 6.20. The van der Waals surface area contributed by atoms with Crippen molar-refractivity contribution < 1.29 is 4.39 Å². The predicted octanol–water partition coefficient (Wildman–Crippen LogP) is 3.75. The van der Waals surface area contributed by atoms with Gasteiger partial charge in [-0.2, -0.15) is 0 Å². The maximum absolute atomic E-state index is 14.2. The highest BCUT2D eigenvalue weighted by atomic mass is 19.1. The van der Waals surface area contributed by atoms with Crippen LogP contribution in [-0.4, -0.2) is 29.0 Å². The second-order valence-electron chi connectivity index (χ2n) is 6.20. The first-order valence-electron chi connectivity index (χ1n) is 7.91. The average Bonchev–Trinajstić information content (AvgIpc) is 2.54. The number of rotatable bonds is 5. The van der Waals surface area contributed by atoms with Gasteiger partial charge in [-0.05, 0) is 50.8 Å². The summed E-state index contributed by atoms with van der Waals surface area (Å²) in [6.45, 7) is 3.09. The molecule has 1 aromatic carbocycles. The summed E-state index contributed by atoms with van der Waals surface area (Å²) in [5.41, 5.74) is 4.21. The van der Waals surface area contributed by atoms with Gasteiger partial charge in [0.05, 0.1) is 0 Å². The molecular weight excluding hydrogens is 303 g/mol. The first kappa shape index (κ1) is 16.3. The minimum absolute atomic E-state index is 0.167. The van der Waals surface area contributed by atoms with Crippen LogP contribution in [0.15, 0.2) is 42.6 Å². The van der Waals surface area contributed by atoms with Crippen LogP contribution in [0.4, 0.5) is 10.1 Å². The Balaban J connectivity index is 1.78. The number of anilines is 1. The van der Waals surface area contributed by atoms with Crippen LogP contribution in [-0.2, 0) is 13.1 Å². The number of aryl methyl sites for hydroxylation is 1. The standard InChI is InChI=1S/C19H21FN4/c1-13-4-7-16-18(8-9-21-19(16)23-13)22-11-14-5-6-15(12-24(2)3)17(20)10-14/h4-10H,11-12H2,1-3H3,(H,21,22,23). The lowest BCUT2D eigenvalue weighted by Gasteiger charge is -2.13. The second kappa shape index (κ2) is 6.93. The number of fused-ring (bicyclic) bond motifs is 1. The van der Waals surface area contributed by atoms with E-state index in [-0.39, 0.29) is 5.82 Å². The van der Waals surface area contributed by atoms with Gasteiger partial charge in [0.25, 0.3) is 0 Å². The molecule has 0 aliphatic heterocycles. The fourth-order valence-corrected chi connectivity index (χ4v) is 2.64. The van der Waals surface area contributed by atoms with Gasteiger partial charge in [0.15, 0.2) is 5.65 Å². The summed E-state index contributed by atoms with van der Waals surface area (Å²) in [7, 11) is 3.86. The van der Waals surface area contributed by atoms with Crippen molar-refractivity contribution in [1.29, 1.82) is 0 Å². The zero-order valence-electron chi connectivity index (χ0n) is 14.2. The monoisotopic (exact) mass is 324 g/mol. The van der Waals surface area contributed by atoms with Gasteiger partial charge >= 0.3 is 0 Å². The molecule has 0 fully saturated rings. The molecule has 2 heterocycles. The van der Waals surface area contributed by atoms with Gasteiger partial charge in [0, 0.05) is 41.6 Å². The Morgan fingerprint density at radius 3 is 2.71 bits per heavy atom. The molecule has 124 valence electrons. The SMILES string of the molecule is Cc1ccc2c(NCc3ccc(CN(C)C)c(F)c3)ccnc2n1. The van der Waals surface area contributed by atoms with Crippen molar-refractivity contribution in [2.24, 2.45) is 0 Å². The first-order chi connectivity index (χ1) is 11.5. The highest BCUT2D eigenvalue weighted by Gasteiger charge is 2.06. The van der Waals surface area contributed by atoms with Crippen LogP contribution < -0.4 is 5.32 Å². The Bertz CT molecular complexity index is 861. The van der Waals surface area contributed by atoms with Crippen LogP contribution in [0.2, 0.25) is 0 Å². The molecular formula is C19H21FN4. The van der Waals surface area contributed by atoms with Crippen LogP contribution in [0.5, 0.6) is 0 Å². The fraction of sp³-hybridized carbons (Fsp3) is 0.263. The summed E-state index contributed by atoms with van der Waals surface area (Å²) in [4.78, 5) is 10.7. The molecule has 0 aliphatic rings. The summed E-state index contributed by atoms with van der Waals surface area (Å²) in [6, 6.07) is 11.3. The molecule has 3 aromatic rings. The van der Waals surface area contributed by atoms with Crippen molar-refractivity contribution in [2.75, 3.05) is 19.4 Å². The third kappa shape index (κ3) is 3.68. The molecule has 0 bridgehead atoms. The van der Waals surface area contributed by atoms with Crippen molar-refractivity contribution in [3.05, 3.63) is 65.2 Å². The van der Waals surface area contributed by atoms with E-state index in [1.807, 2.05) is 56.3 Å². The molecule has 2 aromatic heterocycles. The summed E-state index contributed by atoms with van der Waals surface area (Å²) in [5, 5.41) is 4.32. The van der Waals surface area contributed by atoms with Crippen molar-refractivity contribution >= 4 is 16.7 Å². The molecule has 0 atom stereocenters. The number of hydrogen-bond donors (Lipinski definition) is 1. The molecule has 24 heavy (non-hydrogen) atoms. The zero-order chi connectivity index (χ0) is 17.1. The van der Waals surface area contributed by atoms with Gasteiger partial charge in [-0.15, -0.1) is 0 Å². The molecule has 1 N–H and O–H groups in total. The summed E-state index contributed by atoms with van der Waals surface area (Å²) >= 11 is 0. The Morgan fingerprint density at radius 1 is 1.12 bits per heavy atom. The molecule has 0 saturated carbocycles. The minimum atomic E-state index is -0.167. The number of pyridine rings is 2. The Kier molecular flexibility index (Phi) is 4.71. The van der Waals surface area contributed by atoms with E-state index in [0.29, 0.717) is 24.3 Å². The highest BCUT2D eigenvalue weighted by molar-refractivity contribution is 5.88. The van der Waals surface area contributed by atoms with Crippen LogP contribution >= 0.6 is 0 Å². The quantitative estimate of drug-likeness (QED) is 0.776. The van der Waals surface area contributed by atoms with Crippen molar-refractivity contribution in [1.82, 2.24) is 14.9 Å². The van der Waals surface area contributed by atoms with E-state index in [1.165, 1.54) is 0 Å². The molecule has 0 saturated heterocycles. The van der Waals surface area contributed by atoms with Crippen molar-refractivity contribution in [3.63, 3.8) is 0 Å². The van der Waals surface area contributed by atoms with Gasteiger partial charge in [-0.1, -0.05) is 12.1 Å². The van der Waals surface area contributed by atoms with E-state index < -0.39 is 0 Å². The van der Waals surface area contributed by atoms with Gasteiger partial charge in [0.1, 0.15) is 5.82 Å². The number of nitrogens with one attached hydrogen (secondary N) is 1. The third-order valence-electron chi connectivity index (χ3n) is 3.83. The van der Waals surface area contributed by atoms with E-state index in [2.05, 4.69) is 15.3 Å². The van der Waals surface area contributed by atoms with E-state index in [0.717, 1.165) is 22.3 Å². The first-order valence-corrected chi connectivity index (χ1v) is 7.91. The molecule has 0 unspecified atom stereocenters. The van der Waals surface area contributed by atoms with Crippen LogP contribution in [0, 0.1) is 12.7 Å². The Morgan fingerprint density at radius 2 is 1.96 bits per heavy atom. The molecule has 4 nitrogen and oxygen atoms in total. The van der Waals surface area contributed by atoms with Crippen molar-refractivity contribution in [3.8, 4) is 0 Å². The number of benzene rings is 1. The van der Waals surface area contributed by atoms with E-state index in [1.54, 1.807) is 12.3 Å².